The number of halogens is 5. The molecule has 0 unspecified atom stereocenters. The number of rotatable bonds is 3. The first-order valence-corrected chi connectivity index (χ1v) is 4.71. The smallest absolute Gasteiger partial charge is 0.351 e. The third-order valence-electron chi connectivity index (χ3n) is 1.96. The quantitative estimate of drug-likeness (QED) is 0.835. The molecule has 0 radical (unpaired) electrons. The fraction of sp³-hybridized carbons (Fsp3) is 0.300. The van der Waals surface area contributed by atoms with Crippen molar-refractivity contribution in [2.75, 3.05) is 13.1 Å². The highest BCUT2D eigenvalue weighted by Gasteiger charge is 2.34. The summed E-state index contributed by atoms with van der Waals surface area (Å²) in [5.74, 6) is -2.13. The molecule has 0 fully saturated rings. The lowest BCUT2D eigenvalue weighted by Crippen LogP contribution is -2.29. The number of hydrogen-bond acceptors (Lipinski definition) is 2. The van der Waals surface area contributed by atoms with Gasteiger partial charge in [0.2, 0.25) is 0 Å². The minimum absolute atomic E-state index is 0. The number of amides is 1. The molecule has 1 aromatic rings. The normalized spacial score (nSPS) is 10.7. The maximum Gasteiger partial charge on any atom is 0.419 e. The molecule has 0 bridgehead atoms. The van der Waals surface area contributed by atoms with E-state index in [0.29, 0.717) is 12.1 Å². The predicted octanol–water partition coefficient (Wildman–Crippen LogP) is 1.95. The maximum atomic E-state index is 12.9. The van der Waals surface area contributed by atoms with Crippen molar-refractivity contribution in [1.82, 2.24) is 5.32 Å². The van der Waals surface area contributed by atoms with Gasteiger partial charge in [-0.1, -0.05) is 0 Å². The third kappa shape index (κ3) is 4.15. The van der Waals surface area contributed by atoms with E-state index in [1.807, 2.05) is 0 Å². The van der Waals surface area contributed by atoms with Crippen molar-refractivity contribution >= 4 is 18.3 Å². The van der Waals surface area contributed by atoms with Crippen LogP contribution in [-0.2, 0) is 6.18 Å². The van der Waals surface area contributed by atoms with Gasteiger partial charge in [-0.15, -0.1) is 12.4 Å². The summed E-state index contributed by atoms with van der Waals surface area (Å²) in [5.41, 5.74) is 3.41. The van der Waals surface area contributed by atoms with Gasteiger partial charge in [0.15, 0.2) is 0 Å². The van der Waals surface area contributed by atoms with Crippen LogP contribution in [0.25, 0.3) is 0 Å². The summed E-state index contributed by atoms with van der Waals surface area (Å²) in [6.07, 6.45) is -4.83. The highest BCUT2D eigenvalue weighted by molar-refractivity contribution is 5.94. The molecule has 0 aromatic heterocycles. The van der Waals surface area contributed by atoms with Crippen molar-refractivity contribution in [2.45, 2.75) is 6.18 Å². The Bertz CT molecular complexity index is 423. The Morgan fingerprint density at radius 2 is 1.94 bits per heavy atom. The Balaban J connectivity index is 0.00000289. The zero-order chi connectivity index (χ0) is 13.1. The lowest BCUT2D eigenvalue weighted by molar-refractivity contribution is -0.140. The van der Waals surface area contributed by atoms with Gasteiger partial charge in [-0.25, -0.2) is 4.39 Å². The molecule has 1 aromatic carbocycles. The summed E-state index contributed by atoms with van der Waals surface area (Å²) in [6.45, 7) is 0.302. The first-order valence-electron chi connectivity index (χ1n) is 4.71. The van der Waals surface area contributed by atoms with Gasteiger partial charge in [0.05, 0.1) is 5.56 Å². The van der Waals surface area contributed by atoms with Crippen molar-refractivity contribution in [3.63, 3.8) is 0 Å². The first-order chi connectivity index (χ1) is 7.86. The summed E-state index contributed by atoms with van der Waals surface area (Å²) in [7, 11) is 0. The molecule has 0 aliphatic rings. The highest BCUT2D eigenvalue weighted by Crippen LogP contribution is 2.31. The van der Waals surface area contributed by atoms with Crippen LogP contribution in [-0.4, -0.2) is 19.0 Å². The number of carbonyl (C=O) groups excluding carboxylic acids is 1. The molecule has 0 aliphatic carbocycles. The van der Waals surface area contributed by atoms with Crippen LogP contribution in [0.5, 0.6) is 0 Å². The van der Waals surface area contributed by atoms with Crippen molar-refractivity contribution in [3.05, 3.63) is 35.1 Å². The van der Waals surface area contributed by atoms with Crippen LogP contribution in [0.15, 0.2) is 18.2 Å². The maximum absolute atomic E-state index is 12.9. The van der Waals surface area contributed by atoms with Crippen molar-refractivity contribution in [2.24, 2.45) is 5.73 Å². The number of alkyl halides is 3. The zero-order valence-corrected chi connectivity index (χ0v) is 9.87. The average Bonchev–Trinajstić information content (AvgIpc) is 2.25. The molecule has 8 heteroatoms. The van der Waals surface area contributed by atoms with Crippen molar-refractivity contribution in [1.29, 1.82) is 0 Å². The van der Waals surface area contributed by atoms with E-state index in [1.165, 1.54) is 0 Å². The van der Waals surface area contributed by atoms with Gasteiger partial charge < -0.3 is 11.1 Å². The molecule has 0 spiro atoms. The van der Waals surface area contributed by atoms with E-state index in [0.717, 1.165) is 6.07 Å². The molecule has 18 heavy (non-hydrogen) atoms. The summed E-state index contributed by atoms with van der Waals surface area (Å²) >= 11 is 0. The van der Waals surface area contributed by atoms with Crippen molar-refractivity contribution in [3.8, 4) is 0 Å². The van der Waals surface area contributed by atoms with Crippen LogP contribution >= 0.6 is 12.4 Å². The zero-order valence-electron chi connectivity index (χ0n) is 9.05. The van der Waals surface area contributed by atoms with E-state index in [9.17, 15) is 22.4 Å². The molecule has 3 N–H and O–H groups in total. The predicted molar refractivity (Wildman–Crippen MR) is 60.0 cm³/mol. The molecule has 0 atom stereocenters. The Kier molecular flexibility index (Phi) is 6.07. The Morgan fingerprint density at radius 1 is 1.33 bits per heavy atom. The van der Waals surface area contributed by atoms with Gasteiger partial charge in [0.25, 0.3) is 5.91 Å². The summed E-state index contributed by atoms with van der Waals surface area (Å²) in [4.78, 5) is 11.3. The SMILES string of the molecule is Cl.NCCNC(=O)c1ccc(F)c(C(F)(F)F)c1. The van der Waals surface area contributed by atoms with Gasteiger partial charge in [-0.2, -0.15) is 13.2 Å². The summed E-state index contributed by atoms with van der Waals surface area (Å²) in [5, 5.41) is 2.29. The Morgan fingerprint density at radius 3 is 2.44 bits per heavy atom. The summed E-state index contributed by atoms with van der Waals surface area (Å²) in [6, 6.07) is 2.07. The largest absolute Gasteiger partial charge is 0.419 e. The molecule has 0 saturated carbocycles. The van der Waals surface area contributed by atoms with E-state index in [-0.39, 0.29) is 31.1 Å². The number of hydrogen-bond donors (Lipinski definition) is 2. The third-order valence-corrected chi connectivity index (χ3v) is 1.96. The van der Waals surface area contributed by atoms with Gasteiger partial charge in [0.1, 0.15) is 5.82 Å². The van der Waals surface area contributed by atoms with E-state index < -0.39 is 23.5 Å². The molecule has 0 saturated heterocycles. The topological polar surface area (TPSA) is 55.1 Å². The minimum atomic E-state index is -4.83. The first kappa shape index (κ1) is 16.7. The van der Waals surface area contributed by atoms with E-state index in [4.69, 9.17) is 5.73 Å². The molecular formula is C10H11ClF4N2O. The molecule has 1 amide bonds. The molecule has 1 rings (SSSR count). The van der Waals surface area contributed by atoms with Crippen LogP contribution in [0.1, 0.15) is 15.9 Å². The van der Waals surface area contributed by atoms with Gasteiger partial charge in [-0.3, -0.25) is 4.79 Å². The molecule has 0 aliphatic heterocycles. The molecular weight excluding hydrogens is 276 g/mol. The van der Waals surface area contributed by atoms with Crippen LogP contribution < -0.4 is 11.1 Å². The second kappa shape index (κ2) is 6.55. The Hall–Kier alpha value is -1.34. The fourth-order valence-electron chi connectivity index (χ4n) is 1.17. The van der Waals surface area contributed by atoms with E-state index in [1.54, 1.807) is 0 Å². The average molecular weight is 287 g/mol. The summed E-state index contributed by atoms with van der Waals surface area (Å²) < 4.78 is 50.0. The highest BCUT2D eigenvalue weighted by atomic mass is 35.5. The van der Waals surface area contributed by atoms with Crippen LogP contribution in [0.2, 0.25) is 0 Å². The van der Waals surface area contributed by atoms with Gasteiger partial charge >= 0.3 is 6.18 Å². The molecule has 102 valence electrons. The lowest BCUT2D eigenvalue weighted by atomic mass is 10.1. The van der Waals surface area contributed by atoms with Gasteiger partial charge in [-0.05, 0) is 18.2 Å². The molecule has 3 nitrogen and oxygen atoms in total. The fourth-order valence-corrected chi connectivity index (χ4v) is 1.17. The number of carbonyl (C=O) groups is 1. The monoisotopic (exact) mass is 286 g/mol. The minimum Gasteiger partial charge on any atom is -0.351 e. The van der Waals surface area contributed by atoms with Crippen molar-refractivity contribution < 1.29 is 22.4 Å². The van der Waals surface area contributed by atoms with Crippen LogP contribution in [0.3, 0.4) is 0 Å². The number of nitrogens with two attached hydrogens (primary N) is 1. The number of nitrogens with one attached hydrogen (secondary N) is 1. The second-order valence-corrected chi connectivity index (χ2v) is 3.24. The lowest BCUT2D eigenvalue weighted by Gasteiger charge is -2.10. The molecule has 0 heterocycles. The van der Waals surface area contributed by atoms with Crippen LogP contribution in [0.4, 0.5) is 17.6 Å². The van der Waals surface area contributed by atoms with E-state index in [2.05, 4.69) is 5.32 Å². The second-order valence-electron chi connectivity index (χ2n) is 3.24. The number of benzene rings is 1. The van der Waals surface area contributed by atoms with Gasteiger partial charge in [0, 0.05) is 18.7 Å². The van der Waals surface area contributed by atoms with E-state index >= 15 is 0 Å². The standard InChI is InChI=1S/C10H10F4N2O.ClH/c11-8-2-1-6(9(17)16-4-3-15)5-7(8)10(12,13)14;/h1-2,5H,3-4,15H2,(H,16,17);1H. The Labute approximate surface area is 107 Å². The van der Waals surface area contributed by atoms with Crippen LogP contribution in [0, 0.1) is 5.82 Å².